The molecule has 0 spiro atoms. The minimum atomic E-state index is -0.257. The number of H-pyrrole nitrogens is 1. The summed E-state index contributed by atoms with van der Waals surface area (Å²) in [6, 6.07) is 10.9. The highest BCUT2D eigenvalue weighted by Crippen LogP contribution is 2.31. The molecule has 2 aromatic heterocycles. The molecule has 0 saturated heterocycles. The van der Waals surface area contributed by atoms with Crippen LogP contribution in [0.4, 0.5) is 5.82 Å². The molecular weight excluding hydrogens is 366 g/mol. The highest BCUT2D eigenvalue weighted by molar-refractivity contribution is 6.30. The van der Waals surface area contributed by atoms with Crippen LogP contribution < -0.4 is 10.2 Å². The molecule has 7 nitrogen and oxygen atoms in total. The van der Waals surface area contributed by atoms with Gasteiger partial charge < -0.3 is 5.32 Å². The number of anilines is 1. The summed E-state index contributed by atoms with van der Waals surface area (Å²) >= 11 is 5.89. The van der Waals surface area contributed by atoms with Crippen molar-refractivity contribution >= 4 is 29.2 Å². The molecule has 2 N–H and O–H groups in total. The maximum Gasteiger partial charge on any atom is 0.258 e. The lowest BCUT2D eigenvalue weighted by Crippen LogP contribution is -2.46. The molecule has 1 aliphatic rings. The largest absolute Gasteiger partial charge is 0.334 e. The number of amides is 2. The van der Waals surface area contributed by atoms with Gasteiger partial charge in [0.05, 0.1) is 6.67 Å². The van der Waals surface area contributed by atoms with Gasteiger partial charge in [-0.3, -0.25) is 24.6 Å². The van der Waals surface area contributed by atoms with Crippen molar-refractivity contribution < 1.29 is 9.59 Å². The van der Waals surface area contributed by atoms with Crippen LogP contribution in [0.3, 0.4) is 0 Å². The summed E-state index contributed by atoms with van der Waals surface area (Å²) < 4.78 is 0. The van der Waals surface area contributed by atoms with E-state index in [1.54, 1.807) is 36.7 Å². The molecular formula is C19H16ClN5O2. The summed E-state index contributed by atoms with van der Waals surface area (Å²) in [6.45, 7) is 0.114. The third-order valence-electron chi connectivity index (χ3n) is 4.44. The van der Waals surface area contributed by atoms with Crippen molar-refractivity contribution in [3.8, 4) is 11.3 Å². The van der Waals surface area contributed by atoms with Crippen molar-refractivity contribution in [1.29, 1.82) is 0 Å². The number of carbonyl (C=O) groups excluding carboxylic acids is 2. The Labute approximate surface area is 160 Å². The SMILES string of the molecule is O=C1NCN(C(=O)CCc2ccc(Cl)cc2)c2[nH]nc(-c3ccncc3)c21. The molecule has 3 aromatic rings. The Balaban J connectivity index is 1.56. The van der Waals surface area contributed by atoms with Crippen molar-refractivity contribution in [1.82, 2.24) is 20.5 Å². The Morgan fingerprint density at radius 3 is 2.63 bits per heavy atom. The Bertz CT molecular complexity index is 985. The van der Waals surface area contributed by atoms with Gasteiger partial charge in [-0.25, -0.2) is 0 Å². The van der Waals surface area contributed by atoms with Crippen LogP contribution >= 0.6 is 11.6 Å². The first-order chi connectivity index (χ1) is 13.1. The van der Waals surface area contributed by atoms with Gasteiger partial charge in [0.15, 0.2) is 0 Å². The molecule has 0 fully saturated rings. The zero-order valence-corrected chi connectivity index (χ0v) is 15.0. The molecule has 136 valence electrons. The Morgan fingerprint density at radius 2 is 1.89 bits per heavy atom. The van der Waals surface area contributed by atoms with Crippen LogP contribution in [-0.4, -0.2) is 33.7 Å². The van der Waals surface area contributed by atoms with E-state index in [0.29, 0.717) is 34.9 Å². The van der Waals surface area contributed by atoms with Gasteiger partial charge in [0.1, 0.15) is 17.1 Å². The van der Waals surface area contributed by atoms with Crippen LogP contribution in [-0.2, 0) is 11.2 Å². The quantitative estimate of drug-likeness (QED) is 0.727. The fourth-order valence-electron chi connectivity index (χ4n) is 3.03. The van der Waals surface area contributed by atoms with Gasteiger partial charge >= 0.3 is 0 Å². The number of aryl methyl sites for hydroxylation is 1. The second kappa shape index (κ2) is 7.20. The zero-order chi connectivity index (χ0) is 18.8. The second-order valence-electron chi connectivity index (χ2n) is 6.14. The number of aromatic amines is 1. The van der Waals surface area contributed by atoms with E-state index in [0.717, 1.165) is 11.1 Å². The third-order valence-corrected chi connectivity index (χ3v) is 4.69. The Kier molecular flexibility index (Phi) is 4.60. The number of pyridine rings is 1. The molecule has 0 radical (unpaired) electrons. The van der Waals surface area contributed by atoms with Crippen molar-refractivity contribution in [2.24, 2.45) is 0 Å². The molecule has 0 bridgehead atoms. The van der Waals surface area contributed by atoms with Gasteiger partial charge in [-0.2, -0.15) is 5.10 Å². The Morgan fingerprint density at radius 1 is 1.15 bits per heavy atom. The normalized spacial score (nSPS) is 13.2. The van der Waals surface area contributed by atoms with E-state index >= 15 is 0 Å². The van der Waals surface area contributed by atoms with Crippen molar-refractivity contribution in [3.05, 3.63) is 64.9 Å². The van der Waals surface area contributed by atoms with E-state index < -0.39 is 0 Å². The van der Waals surface area contributed by atoms with Gasteiger partial charge in [0.25, 0.3) is 5.91 Å². The van der Waals surface area contributed by atoms with Gasteiger partial charge in [-0.15, -0.1) is 0 Å². The first kappa shape index (κ1) is 17.2. The maximum absolute atomic E-state index is 12.7. The molecule has 0 saturated carbocycles. The van der Waals surface area contributed by atoms with Gasteiger partial charge in [0.2, 0.25) is 5.91 Å². The minimum Gasteiger partial charge on any atom is -0.334 e. The number of fused-ring (bicyclic) bond motifs is 1. The minimum absolute atomic E-state index is 0.101. The van der Waals surface area contributed by atoms with Crippen molar-refractivity contribution in [2.45, 2.75) is 12.8 Å². The molecule has 3 heterocycles. The van der Waals surface area contributed by atoms with E-state index in [9.17, 15) is 9.59 Å². The van der Waals surface area contributed by atoms with Gasteiger partial charge in [0, 0.05) is 29.4 Å². The molecule has 8 heteroatoms. The summed E-state index contributed by atoms with van der Waals surface area (Å²) in [7, 11) is 0. The summed E-state index contributed by atoms with van der Waals surface area (Å²) in [5.74, 6) is 0.0649. The summed E-state index contributed by atoms with van der Waals surface area (Å²) in [5, 5.41) is 10.5. The van der Waals surface area contributed by atoms with E-state index in [1.807, 2.05) is 12.1 Å². The van der Waals surface area contributed by atoms with Gasteiger partial charge in [-0.1, -0.05) is 23.7 Å². The lowest BCUT2D eigenvalue weighted by molar-refractivity contribution is -0.118. The fourth-order valence-corrected chi connectivity index (χ4v) is 3.16. The topological polar surface area (TPSA) is 91.0 Å². The average Bonchev–Trinajstić information content (AvgIpc) is 3.14. The predicted octanol–water partition coefficient (Wildman–Crippen LogP) is 2.79. The van der Waals surface area contributed by atoms with Crippen LogP contribution in [0.2, 0.25) is 5.02 Å². The highest BCUT2D eigenvalue weighted by atomic mass is 35.5. The second-order valence-corrected chi connectivity index (χ2v) is 6.58. The number of hydrogen-bond acceptors (Lipinski definition) is 4. The molecule has 0 atom stereocenters. The average molecular weight is 382 g/mol. The number of rotatable bonds is 4. The summed E-state index contributed by atoms with van der Waals surface area (Å²) in [5.41, 5.74) is 2.65. The number of nitrogens with one attached hydrogen (secondary N) is 2. The van der Waals surface area contributed by atoms with Crippen LogP contribution in [0.15, 0.2) is 48.8 Å². The maximum atomic E-state index is 12.7. The molecule has 27 heavy (non-hydrogen) atoms. The molecule has 4 rings (SSSR count). The number of hydrogen-bond donors (Lipinski definition) is 2. The first-order valence-corrected chi connectivity index (χ1v) is 8.83. The Hall–Kier alpha value is -3.19. The lowest BCUT2D eigenvalue weighted by Gasteiger charge is -2.26. The molecule has 0 aliphatic carbocycles. The van der Waals surface area contributed by atoms with Gasteiger partial charge in [-0.05, 0) is 36.2 Å². The number of carbonyl (C=O) groups is 2. The monoisotopic (exact) mass is 381 g/mol. The molecule has 0 unspecified atom stereocenters. The number of nitrogens with zero attached hydrogens (tertiary/aromatic N) is 3. The molecule has 1 aliphatic heterocycles. The van der Waals surface area contributed by atoms with Crippen LogP contribution in [0.1, 0.15) is 22.3 Å². The number of benzene rings is 1. The van der Waals surface area contributed by atoms with E-state index in [-0.39, 0.29) is 18.5 Å². The third kappa shape index (κ3) is 3.41. The summed E-state index contributed by atoms with van der Waals surface area (Å²) in [6.07, 6.45) is 4.15. The zero-order valence-electron chi connectivity index (χ0n) is 14.3. The van der Waals surface area contributed by atoms with E-state index in [4.69, 9.17) is 11.6 Å². The lowest BCUT2D eigenvalue weighted by atomic mass is 10.1. The van der Waals surface area contributed by atoms with Crippen LogP contribution in [0, 0.1) is 0 Å². The first-order valence-electron chi connectivity index (χ1n) is 8.45. The van der Waals surface area contributed by atoms with Crippen LogP contribution in [0.5, 0.6) is 0 Å². The number of halogens is 1. The predicted molar refractivity (Wildman–Crippen MR) is 101 cm³/mol. The standard InChI is InChI=1S/C19H16ClN5O2/c20-14-4-1-12(2-5-14)3-6-15(26)25-11-22-19(27)16-17(23-24-18(16)25)13-7-9-21-10-8-13/h1-2,4-5,7-10H,3,6,11H2,(H,22,27)(H,23,24). The molecule has 2 amide bonds. The van der Waals surface area contributed by atoms with Crippen molar-refractivity contribution in [3.63, 3.8) is 0 Å². The fraction of sp³-hybridized carbons (Fsp3) is 0.158. The van der Waals surface area contributed by atoms with Crippen molar-refractivity contribution in [2.75, 3.05) is 11.6 Å². The van der Waals surface area contributed by atoms with E-state index in [2.05, 4.69) is 20.5 Å². The molecule has 1 aromatic carbocycles. The van der Waals surface area contributed by atoms with Crippen LogP contribution in [0.25, 0.3) is 11.3 Å². The highest BCUT2D eigenvalue weighted by Gasteiger charge is 2.32. The number of aromatic nitrogens is 3. The smallest absolute Gasteiger partial charge is 0.258 e. The summed E-state index contributed by atoms with van der Waals surface area (Å²) in [4.78, 5) is 30.6. The van der Waals surface area contributed by atoms with E-state index in [1.165, 1.54) is 4.90 Å².